The number of esters is 1. The fraction of sp³-hybridized carbons (Fsp3) is 0.462. The Hall–Kier alpha value is -1.49. The van der Waals surface area contributed by atoms with E-state index >= 15 is 0 Å². The molecule has 0 amide bonds. The van der Waals surface area contributed by atoms with Crippen LogP contribution < -0.4 is 5.32 Å². The molecular formula is C13H15F2NO2. The van der Waals surface area contributed by atoms with Crippen LogP contribution in [0.4, 0.5) is 8.78 Å². The maximum absolute atomic E-state index is 13.8. The number of halogens is 2. The molecule has 5 heteroatoms. The lowest BCUT2D eigenvalue weighted by molar-refractivity contribution is -0.148. The first kappa shape index (κ1) is 13.0. The van der Waals surface area contributed by atoms with Crippen molar-refractivity contribution in [3.8, 4) is 0 Å². The third-order valence-electron chi connectivity index (χ3n) is 3.50. The van der Waals surface area contributed by atoms with Crippen LogP contribution in [0.3, 0.4) is 0 Å². The predicted octanol–water partition coefficient (Wildman–Crippen LogP) is 2.18. The lowest BCUT2D eigenvalue weighted by Gasteiger charge is -2.25. The number of methoxy groups -OCH3 is 1. The third-order valence-corrected chi connectivity index (χ3v) is 3.50. The van der Waals surface area contributed by atoms with E-state index in [0.29, 0.717) is 18.4 Å². The Labute approximate surface area is 104 Å². The molecule has 0 bridgehead atoms. The van der Waals surface area contributed by atoms with Crippen molar-refractivity contribution in [3.63, 3.8) is 0 Å². The first-order valence-corrected chi connectivity index (χ1v) is 5.76. The fourth-order valence-electron chi connectivity index (χ4n) is 2.41. The van der Waals surface area contributed by atoms with Gasteiger partial charge in [0.25, 0.3) is 0 Å². The van der Waals surface area contributed by atoms with Crippen molar-refractivity contribution in [2.45, 2.75) is 18.9 Å². The quantitative estimate of drug-likeness (QED) is 0.838. The summed E-state index contributed by atoms with van der Waals surface area (Å²) >= 11 is 0. The van der Waals surface area contributed by atoms with Gasteiger partial charge in [0.2, 0.25) is 0 Å². The van der Waals surface area contributed by atoms with Gasteiger partial charge in [-0.25, -0.2) is 8.78 Å². The van der Waals surface area contributed by atoms with Gasteiger partial charge < -0.3 is 10.1 Å². The molecule has 1 aliphatic carbocycles. The fourth-order valence-corrected chi connectivity index (χ4v) is 2.41. The molecule has 0 heterocycles. The van der Waals surface area contributed by atoms with Gasteiger partial charge >= 0.3 is 5.97 Å². The molecule has 0 aromatic heterocycles. The van der Waals surface area contributed by atoms with Gasteiger partial charge in [0, 0.05) is 11.6 Å². The first-order chi connectivity index (χ1) is 8.55. The standard InChI is InChI=1S/C13H15F2NO2/c1-16-11(13(5-6-13)12(17)18-2)9-4-3-8(14)7-10(9)15/h3-4,7,11,16H,5-6H2,1-2H3. The van der Waals surface area contributed by atoms with Crippen molar-refractivity contribution in [3.05, 3.63) is 35.4 Å². The molecule has 3 nitrogen and oxygen atoms in total. The topological polar surface area (TPSA) is 38.3 Å². The monoisotopic (exact) mass is 255 g/mol. The Kier molecular flexibility index (Phi) is 3.34. The number of carbonyl (C=O) groups is 1. The number of benzene rings is 1. The second-order valence-electron chi connectivity index (χ2n) is 4.54. The second-order valence-corrected chi connectivity index (χ2v) is 4.54. The largest absolute Gasteiger partial charge is 0.469 e. The summed E-state index contributed by atoms with van der Waals surface area (Å²) in [7, 11) is 2.96. The smallest absolute Gasteiger partial charge is 0.313 e. The van der Waals surface area contributed by atoms with Crippen LogP contribution in [0.5, 0.6) is 0 Å². The third kappa shape index (κ3) is 1.99. The highest BCUT2D eigenvalue weighted by atomic mass is 19.1. The molecule has 1 saturated carbocycles. The number of ether oxygens (including phenoxy) is 1. The molecule has 0 saturated heterocycles. The van der Waals surface area contributed by atoms with Crippen LogP contribution in [-0.2, 0) is 9.53 Å². The molecule has 1 atom stereocenters. The normalized spacial score (nSPS) is 18.2. The van der Waals surface area contributed by atoms with Crippen LogP contribution in [0.25, 0.3) is 0 Å². The molecule has 1 N–H and O–H groups in total. The van der Waals surface area contributed by atoms with E-state index in [1.165, 1.54) is 19.2 Å². The summed E-state index contributed by atoms with van der Waals surface area (Å²) in [4.78, 5) is 11.8. The van der Waals surface area contributed by atoms with Gasteiger partial charge in [0.15, 0.2) is 0 Å². The molecule has 0 spiro atoms. The molecule has 18 heavy (non-hydrogen) atoms. The predicted molar refractivity (Wildman–Crippen MR) is 61.8 cm³/mol. The molecule has 1 fully saturated rings. The van der Waals surface area contributed by atoms with Gasteiger partial charge in [-0.2, -0.15) is 0 Å². The Morgan fingerprint density at radius 1 is 1.44 bits per heavy atom. The van der Waals surface area contributed by atoms with Crippen LogP contribution in [0.1, 0.15) is 24.4 Å². The van der Waals surface area contributed by atoms with Crippen LogP contribution in [0.2, 0.25) is 0 Å². The van der Waals surface area contributed by atoms with E-state index in [4.69, 9.17) is 4.74 Å². The summed E-state index contributed by atoms with van der Waals surface area (Å²) in [5, 5.41) is 2.93. The van der Waals surface area contributed by atoms with E-state index in [9.17, 15) is 13.6 Å². The van der Waals surface area contributed by atoms with Crippen molar-refractivity contribution in [1.82, 2.24) is 5.32 Å². The highest BCUT2D eigenvalue weighted by molar-refractivity contribution is 5.81. The minimum absolute atomic E-state index is 0.293. The van der Waals surface area contributed by atoms with E-state index in [2.05, 4.69) is 5.32 Å². The Morgan fingerprint density at radius 3 is 2.56 bits per heavy atom. The van der Waals surface area contributed by atoms with Crippen LogP contribution in [-0.4, -0.2) is 20.1 Å². The van der Waals surface area contributed by atoms with Gasteiger partial charge in [0.05, 0.1) is 18.6 Å². The molecule has 1 aromatic carbocycles. The highest BCUT2D eigenvalue weighted by Gasteiger charge is 2.57. The Bertz CT molecular complexity index is 472. The number of nitrogens with one attached hydrogen (secondary N) is 1. The Balaban J connectivity index is 2.37. The lowest BCUT2D eigenvalue weighted by atomic mass is 9.89. The second kappa shape index (κ2) is 4.65. The van der Waals surface area contributed by atoms with E-state index in [0.717, 1.165) is 6.07 Å². The maximum Gasteiger partial charge on any atom is 0.313 e. The zero-order valence-electron chi connectivity index (χ0n) is 10.3. The molecule has 1 aliphatic rings. The van der Waals surface area contributed by atoms with Gasteiger partial charge in [0.1, 0.15) is 11.6 Å². The average molecular weight is 255 g/mol. The maximum atomic E-state index is 13.8. The van der Waals surface area contributed by atoms with Crippen LogP contribution in [0.15, 0.2) is 18.2 Å². The average Bonchev–Trinajstić information content (AvgIpc) is 3.13. The molecule has 98 valence electrons. The van der Waals surface area contributed by atoms with Gasteiger partial charge in [-0.1, -0.05) is 6.07 Å². The van der Waals surface area contributed by atoms with Crippen molar-refractivity contribution in [2.75, 3.05) is 14.2 Å². The Morgan fingerprint density at radius 2 is 2.11 bits per heavy atom. The number of rotatable bonds is 4. The minimum atomic E-state index is -0.720. The lowest BCUT2D eigenvalue weighted by Crippen LogP contribution is -2.34. The summed E-state index contributed by atoms with van der Waals surface area (Å²) in [6, 6.07) is 2.89. The zero-order chi connectivity index (χ0) is 13.3. The van der Waals surface area contributed by atoms with Gasteiger partial charge in [-0.05, 0) is 26.0 Å². The first-order valence-electron chi connectivity index (χ1n) is 5.76. The number of hydrogen-bond acceptors (Lipinski definition) is 3. The van der Waals surface area contributed by atoms with Crippen molar-refractivity contribution in [1.29, 1.82) is 0 Å². The summed E-state index contributed by atoms with van der Waals surface area (Å²) in [5.41, 5.74) is -0.427. The van der Waals surface area contributed by atoms with Crippen LogP contribution >= 0.6 is 0 Å². The molecule has 2 rings (SSSR count). The van der Waals surface area contributed by atoms with E-state index < -0.39 is 23.1 Å². The van der Waals surface area contributed by atoms with Crippen molar-refractivity contribution >= 4 is 5.97 Å². The molecular weight excluding hydrogens is 240 g/mol. The molecule has 0 radical (unpaired) electrons. The molecule has 0 aliphatic heterocycles. The van der Waals surface area contributed by atoms with Crippen molar-refractivity contribution < 1.29 is 18.3 Å². The van der Waals surface area contributed by atoms with E-state index in [1.54, 1.807) is 7.05 Å². The summed E-state index contributed by atoms with van der Waals surface area (Å²) in [6.45, 7) is 0. The number of carbonyl (C=O) groups excluding carboxylic acids is 1. The van der Waals surface area contributed by atoms with Crippen LogP contribution in [0, 0.1) is 17.0 Å². The van der Waals surface area contributed by atoms with E-state index in [1.807, 2.05) is 0 Å². The summed E-state index contributed by atoms with van der Waals surface area (Å²) in [5.74, 6) is -1.64. The van der Waals surface area contributed by atoms with Crippen molar-refractivity contribution in [2.24, 2.45) is 5.41 Å². The number of hydrogen-bond donors (Lipinski definition) is 1. The summed E-state index contributed by atoms with van der Waals surface area (Å²) in [6.07, 6.45) is 1.28. The van der Waals surface area contributed by atoms with E-state index in [-0.39, 0.29) is 5.97 Å². The van der Waals surface area contributed by atoms with Gasteiger partial charge in [-0.15, -0.1) is 0 Å². The van der Waals surface area contributed by atoms with Gasteiger partial charge in [-0.3, -0.25) is 4.79 Å². The molecule has 1 unspecified atom stereocenters. The molecule has 1 aromatic rings. The minimum Gasteiger partial charge on any atom is -0.469 e. The summed E-state index contributed by atoms with van der Waals surface area (Å²) < 4.78 is 31.5. The highest BCUT2D eigenvalue weighted by Crippen LogP contribution is 2.55. The zero-order valence-corrected chi connectivity index (χ0v) is 10.3. The SMILES string of the molecule is CNC(c1ccc(F)cc1F)C1(C(=O)OC)CC1.